The van der Waals surface area contributed by atoms with Gasteiger partial charge >= 0.3 is 0 Å². The van der Waals surface area contributed by atoms with Gasteiger partial charge in [0.25, 0.3) is 5.91 Å². The minimum absolute atomic E-state index is 0.162. The van der Waals surface area contributed by atoms with Crippen LogP contribution in [0.15, 0.2) is 76.9 Å². The molecule has 1 unspecified atom stereocenters. The average Bonchev–Trinajstić information content (AvgIpc) is 3.39. The SMILES string of the molecule is CC(O)C(=O)N1CCC(c2nsc(Nc3ncc(Sc4ccccn4)cc3Oc3ccccc3)n2)CC1. The second-order valence-corrected chi connectivity index (χ2v) is 10.4. The fourth-order valence-electron chi connectivity index (χ4n) is 3.97. The van der Waals surface area contributed by atoms with E-state index in [1.807, 2.05) is 54.6 Å². The molecule has 0 spiro atoms. The molecule has 1 fully saturated rings. The Kier molecular flexibility index (Phi) is 7.93. The number of piperidine rings is 1. The Bertz CT molecular complexity index is 1330. The van der Waals surface area contributed by atoms with Crippen LogP contribution in [0.25, 0.3) is 0 Å². The van der Waals surface area contributed by atoms with Gasteiger partial charge < -0.3 is 20.1 Å². The van der Waals surface area contributed by atoms with E-state index in [2.05, 4.69) is 19.7 Å². The van der Waals surface area contributed by atoms with Gasteiger partial charge in [-0.3, -0.25) is 4.79 Å². The van der Waals surface area contributed by atoms with E-state index in [1.54, 1.807) is 17.3 Å². The van der Waals surface area contributed by atoms with E-state index in [-0.39, 0.29) is 11.8 Å². The van der Waals surface area contributed by atoms with Crippen molar-refractivity contribution in [2.24, 2.45) is 0 Å². The molecule has 2 N–H and O–H groups in total. The van der Waals surface area contributed by atoms with E-state index in [1.165, 1.54) is 30.2 Å². The van der Waals surface area contributed by atoms with Crippen LogP contribution in [0.5, 0.6) is 11.5 Å². The number of aromatic nitrogens is 4. The topological polar surface area (TPSA) is 113 Å². The van der Waals surface area contributed by atoms with Crippen LogP contribution in [0.3, 0.4) is 0 Å². The molecular weight excluding hydrogens is 508 g/mol. The molecule has 9 nitrogen and oxygen atoms in total. The number of anilines is 2. The fourth-order valence-corrected chi connectivity index (χ4v) is 5.39. The van der Waals surface area contributed by atoms with Crippen molar-refractivity contribution in [1.82, 2.24) is 24.2 Å². The highest BCUT2D eigenvalue weighted by atomic mass is 32.2. The second kappa shape index (κ2) is 11.7. The third-order valence-electron chi connectivity index (χ3n) is 5.86. The molecule has 5 rings (SSSR count). The minimum Gasteiger partial charge on any atom is -0.453 e. The Morgan fingerprint density at radius 1 is 1.16 bits per heavy atom. The Morgan fingerprint density at radius 3 is 2.68 bits per heavy atom. The molecule has 3 aromatic heterocycles. The molecule has 1 aromatic carbocycles. The van der Waals surface area contributed by atoms with E-state index in [4.69, 9.17) is 9.72 Å². The summed E-state index contributed by atoms with van der Waals surface area (Å²) in [5.74, 6) is 2.49. The van der Waals surface area contributed by atoms with Gasteiger partial charge in [0.1, 0.15) is 22.7 Å². The number of nitrogens with one attached hydrogen (secondary N) is 1. The lowest BCUT2D eigenvalue weighted by Crippen LogP contribution is -2.42. The highest BCUT2D eigenvalue weighted by molar-refractivity contribution is 7.99. The zero-order valence-electron chi connectivity index (χ0n) is 20.2. The predicted octanol–water partition coefficient (Wildman–Crippen LogP) is 5.10. The summed E-state index contributed by atoms with van der Waals surface area (Å²) in [7, 11) is 0. The first-order valence-electron chi connectivity index (χ1n) is 11.9. The number of rotatable bonds is 8. The summed E-state index contributed by atoms with van der Waals surface area (Å²) in [6.07, 6.45) is 4.08. The molecule has 1 atom stereocenters. The number of nitrogens with zero attached hydrogens (tertiary/aromatic N) is 5. The summed E-state index contributed by atoms with van der Waals surface area (Å²) >= 11 is 2.77. The summed E-state index contributed by atoms with van der Waals surface area (Å²) in [6, 6.07) is 17.3. The van der Waals surface area contributed by atoms with Crippen LogP contribution in [0.1, 0.15) is 31.5 Å². The summed E-state index contributed by atoms with van der Waals surface area (Å²) in [5, 5.41) is 14.3. The van der Waals surface area contributed by atoms with E-state index >= 15 is 0 Å². The number of hydrogen-bond donors (Lipinski definition) is 2. The van der Waals surface area contributed by atoms with Crippen LogP contribution in [0.4, 0.5) is 10.9 Å². The first kappa shape index (κ1) is 25.1. The third kappa shape index (κ3) is 6.43. The number of benzene rings is 1. The second-order valence-electron chi connectivity index (χ2n) is 8.56. The molecule has 0 radical (unpaired) electrons. The number of para-hydroxylation sites is 1. The summed E-state index contributed by atoms with van der Waals surface area (Å²) in [5.41, 5.74) is 0. The molecule has 0 saturated carbocycles. The van der Waals surface area contributed by atoms with Crippen molar-refractivity contribution in [3.05, 3.63) is 72.8 Å². The van der Waals surface area contributed by atoms with Crippen LogP contribution in [-0.4, -0.2) is 54.4 Å². The Labute approximate surface area is 223 Å². The number of aliphatic hydroxyl groups is 1. The number of carbonyl (C=O) groups is 1. The summed E-state index contributed by atoms with van der Waals surface area (Å²) in [6.45, 7) is 2.67. The molecule has 4 aromatic rings. The molecule has 1 saturated heterocycles. The molecule has 0 bridgehead atoms. The Balaban J connectivity index is 1.31. The number of pyridine rings is 2. The van der Waals surface area contributed by atoms with Crippen LogP contribution in [0, 0.1) is 0 Å². The molecule has 190 valence electrons. The molecule has 1 aliphatic rings. The van der Waals surface area contributed by atoms with Crippen molar-refractivity contribution in [1.29, 1.82) is 0 Å². The predicted molar refractivity (Wildman–Crippen MR) is 143 cm³/mol. The largest absolute Gasteiger partial charge is 0.453 e. The number of hydrogen-bond acceptors (Lipinski definition) is 10. The van der Waals surface area contributed by atoms with E-state index in [9.17, 15) is 9.90 Å². The fraction of sp³-hybridized carbons (Fsp3) is 0.269. The first-order chi connectivity index (χ1) is 18.0. The normalized spacial score (nSPS) is 14.8. The van der Waals surface area contributed by atoms with Gasteiger partial charge in [-0.05, 0) is 44.0 Å². The van der Waals surface area contributed by atoms with E-state index in [0.29, 0.717) is 35.5 Å². The number of carbonyl (C=O) groups excluding carboxylic acids is 1. The number of ether oxygens (including phenoxy) is 1. The minimum atomic E-state index is -0.974. The number of amides is 1. The summed E-state index contributed by atoms with van der Waals surface area (Å²) < 4.78 is 10.7. The van der Waals surface area contributed by atoms with Crippen LogP contribution in [0.2, 0.25) is 0 Å². The Hall–Kier alpha value is -3.54. The van der Waals surface area contributed by atoms with Gasteiger partial charge in [-0.25, -0.2) is 15.0 Å². The Morgan fingerprint density at radius 2 is 1.95 bits per heavy atom. The van der Waals surface area contributed by atoms with Crippen molar-refractivity contribution >= 4 is 40.2 Å². The van der Waals surface area contributed by atoms with Crippen LogP contribution >= 0.6 is 23.3 Å². The maximum Gasteiger partial charge on any atom is 0.251 e. The average molecular weight is 535 g/mol. The van der Waals surface area contributed by atoms with Gasteiger partial charge in [0.2, 0.25) is 5.13 Å². The molecule has 37 heavy (non-hydrogen) atoms. The van der Waals surface area contributed by atoms with Gasteiger partial charge in [0, 0.05) is 53.9 Å². The van der Waals surface area contributed by atoms with E-state index in [0.717, 1.165) is 28.6 Å². The quantitative estimate of drug-likeness (QED) is 0.319. The molecular formula is C26H26N6O3S2. The van der Waals surface area contributed by atoms with Gasteiger partial charge in [-0.2, -0.15) is 4.37 Å². The van der Waals surface area contributed by atoms with Crippen molar-refractivity contribution in [2.45, 2.75) is 41.7 Å². The van der Waals surface area contributed by atoms with Crippen LogP contribution in [-0.2, 0) is 4.79 Å². The lowest BCUT2D eigenvalue weighted by atomic mass is 9.96. The van der Waals surface area contributed by atoms with Crippen molar-refractivity contribution in [3.8, 4) is 11.5 Å². The lowest BCUT2D eigenvalue weighted by Gasteiger charge is -2.31. The van der Waals surface area contributed by atoms with Gasteiger partial charge in [0.05, 0.1) is 0 Å². The van der Waals surface area contributed by atoms with Gasteiger partial charge in [0.15, 0.2) is 11.6 Å². The highest BCUT2D eigenvalue weighted by Crippen LogP contribution is 2.36. The molecule has 0 aliphatic carbocycles. The summed E-state index contributed by atoms with van der Waals surface area (Å²) in [4.78, 5) is 28.3. The van der Waals surface area contributed by atoms with Crippen LogP contribution < -0.4 is 10.1 Å². The zero-order chi connectivity index (χ0) is 25.6. The van der Waals surface area contributed by atoms with E-state index < -0.39 is 6.10 Å². The third-order valence-corrected chi connectivity index (χ3v) is 7.41. The standard InChI is InChI=1S/C26H26N6O3S2/c1-17(33)25(34)32-13-10-18(11-14-32)23-29-26(37-31-23)30-24-21(35-19-7-3-2-4-8-19)15-20(16-28-24)36-22-9-5-6-12-27-22/h2-9,12,15-18,33H,10-11,13-14H2,1H3,(H,28,29,30,31). The smallest absolute Gasteiger partial charge is 0.251 e. The van der Waals surface area contributed by atoms with Gasteiger partial charge in [-0.15, -0.1) is 0 Å². The molecule has 1 aliphatic heterocycles. The van der Waals surface area contributed by atoms with Crippen molar-refractivity contribution in [3.63, 3.8) is 0 Å². The lowest BCUT2D eigenvalue weighted by molar-refractivity contribution is -0.140. The monoisotopic (exact) mass is 534 g/mol. The maximum absolute atomic E-state index is 12.1. The molecule has 4 heterocycles. The number of likely N-dealkylation sites (tertiary alicyclic amines) is 1. The highest BCUT2D eigenvalue weighted by Gasteiger charge is 2.28. The van der Waals surface area contributed by atoms with Crippen molar-refractivity contribution in [2.75, 3.05) is 18.4 Å². The van der Waals surface area contributed by atoms with Crippen molar-refractivity contribution < 1.29 is 14.6 Å². The maximum atomic E-state index is 12.1. The number of aliphatic hydroxyl groups excluding tert-OH is 1. The molecule has 1 amide bonds. The zero-order valence-corrected chi connectivity index (χ0v) is 21.8. The first-order valence-corrected chi connectivity index (χ1v) is 13.5. The molecule has 11 heteroatoms. The van der Waals surface area contributed by atoms with Gasteiger partial charge in [-0.1, -0.05) is 36.0 Å².